The van der Waals surface area contributed by atoms with Crippen LogP contribution >= 0.6 is 35.6 Å². The number of ether oxygens (including phenoxy) is 3. The van der Waals surface area contributed by atoms with Gasteiger partial charge in [0.1, 0.15) is 16.7 Å². The molecule has 4 rings (SSSR count). The molecule has 0 aliphatic carbocycles. The molecule has 1 aliphatic rings. The maximum atomic E-state index is 13.1. The second kappa shape index (κ2) is 11.6. The molecule has 0 aromatic heterocycles. The minimum Gasteiger partial charge on any atom is -0.497 e. The van der Waals surface area contributed by atoms with Crippen LogP contribution in [0.4, 0.5) is 0 Å². The smallest absolute Gasteiger partial charge is 0.266 e. The second-order valence-electron chi connectivity index (χ2n) is 7.67. The molecule has 35 heavy (non-hydrogen) atoms. The molecule has 1 aliphatic heterocycles. The van der Waals surface area contributed by atoms with E-state index in [2.05, 4.69) is 0 Å². The second-order valence-corrected chi connectivity index (χ2v) is 9.78. The molecule has 1 saturated heterocycles. The van der Waals surface area contributed by atoms with Crippen LogP contribution in [0.1, 0.15) is 23.6 Å². The van der Waals surface area contributed by atoms with Gasteiger partial charge < -0.3 is 14.2 Å². The van der Waals surface area contributed by atoms with Crippen LogP contribution in [0, 0.1) is 0 Å². The first kappa shape index (κ1) is 25.1. The van der Waals surface area contributed by atoms with Crippen LogP contribution in [-0.2, 0) is 17.9 Å². The summed E-state index contributed by atoms with van der Waals surface area (Å²) >= 11 is 12.7. The Morgan fingerprint density at radius 1 is 0.971 bits per heavy atom. The van der Waals surface area contributed by atoms with Crippen LogP contribution in [0.5, 0.6) is 17.2 Å². The fraction of sp³-hybridized carbons (Fsp3) is 0.185. The average Bonchev–Trinajstić information content (AvgIpc) is 3.12. The van der Waals surface area contributed by atoms with Gasteiger partial charge in [0.2, 0.25) is 0 Å². The van der Waals surface area contributed by atoms with Crippen molar-refractivity contribution >= 4 is 51.9 Å². The minimum absolute atomic E-state index is 0.114. The van der Waals surface area contributed by atoms with Crippen molar-refractivity contribution in [3.8, 4) is 17.2 Å². The molecular formula is C27H24ClNO4S2. The van der Waals surface area contributed by atoms with Crippen molar-refractivity contribution in [1.29, 1.82) is 0 Å². The number of carbonyl (C=O) groups excluding carboxylic acids is 1. The Morgan fingerprint density at radius 2 is 1.69 bits per heavy atom. The van der Waals surface area contributed by atoms with Crippen molar-refractivity contribution in [3.63, 3.8) is 0 Å². The third kappa shape index (κ3) is 6.36. The number of nitrogens with zero attached hydrogens (tertiary/aromatic N) is 1. The quantitative estimate of drug-likeness (QED) is 0.228. The number of hydrogen-bond acceptors (Lipinski definition) is 6. The molecule has 0 radical (unpaired) electrons. The van der Waals surface area contributed by atoms with Crippen molar-refractivity contribution < 1.29 is 19.0 Å². The Labute approximate surface area is 219 Å². The summed E-state index contributed by atoms with van der Waals surface area (Å²) in [6.45, 7) is 3.21. The molecule has 1 amide bonds. The summed E-state index contributed by atoms with van der Waals surface area (Å²) in [5.74, 6) is 1.90. The van der Waals surface area contributed by atoms with E-state index in [1.54, 1.807) is 12.0 Å². The average molecular weight is 526 g/mol. The van der Waals surface area contributed by atoms with Gasteiger partial charge in [0.15, 0.2) is 11.5 Å². The standard InChI is InChI=1S/C27H24ClNO4S2/c1-3-32-24-14-20(8-13-23(24)33-17-19-4-9-21(28)10-5-19)15-25-26(30)29(27(34)35-25)16-18-6-11-22(31-2)12-7-18/h4-15H,3,16-17H2,1-2H3/b25-15-. The van der Waals surface area contributed by atoms with Crippen molar-refractivity contribution in [3.05, 3.63) is 93.3 Å². The molecule has 1 heterocycles. The fourth-order valence-corrected chi connectivity index (χ4v) is 4.83. The zero-order valence-electron chi connectivity index (χ0n) is 19.3. The number of carbonyl (C=O) groups is 1. The van der Waals surface area contributed by atoms with Gasteiger partial charge in [-0.25, -0.2) is 0 Å². The Morgan fingerprint density at radius 3 is 2.37 bits per heavy atom. The van der Waals surface area contributed by atoms with E-state index in [1.165, 1.54) is 11.8 Å². The molecule has 8 heteroatoms. The van der Waals surface area contributed by atoms with Gasteiger partial charge >= 0.3 is 0 Å². The van der Waals surface area contributed by atoms with Crippen LogP contribution in [0.2, 0.25) is 5.02 Å². The summed E-state index contributed by atoms with van der Waals surface area (Å²) in [4.78, 5) is 15.2. The predicted molar refractivity (Wildman–Crippen MR) is 145 cm³/mol. The summed E-state index contributed by atoms with van der Waals surface area (Å²) in [5, 5.41) is 0.683. The van der Waals surface area contributed by atoms with Crippen LogP contribution in [0.15, 0.2) is 71.6 Å². The van der Waals surface area contributed by atoms with Crippen LogP contribution in [0.25, 0.3) is 6.08 Å². The molecule has 0 saturated carbocycles. The largest absolute Gasteiger partial charge is 0.497 e. The van der Waals surface area contributed by atoms with Crippen molar-refractivity contribution in [2.24, 2.45) is 0 Å². The first-order valence-electron chi connectivity index (χ1n) is 11.0. The summed E-state index contributed by atoms with van der Waals surface area (Å²) in [6, 6.07) is 20.7. The van der Waals surface area contributed by atoms with Gasteiger partial charge in [0.05, 0.1) is 25.2 Å². The molecule has 3 aromatic rings. The Bertz CT molecular complexity index is 1240. The number of halogens is 1. The highest BCUT2D eigenvalue weighted by molar-refractivity contribution is 8.26. The summed E-state index contributed by atoms with van der Waals surface area (Å²) in [7, 11) is 1.62. The maximum Gasteiger partial charge on any atom is 0.266 e. The first-order valence-corrected chi connectivity index (χ1v) is 12.6. The van der Waals surface area contributed by atoms with Crippen LogP contribution in [0.3, 0.4) is 0 Å². The maximum absolute atomic E-state index is 13.1. The summed E-state index contributed by atoms with van der Waals surface area (Å²) in [5.41, 5.74) is 2.81. The summed E-state index contributed by atoms with van der Waals surface area (Å²) in [6.07, 6.45) is 1.83. The van der Waals surface area contributed by atoms with Crippen LogP contribution in [-0.4, -0.2) is 28.8 Å². The molecular weight excluding hydrogens is 502 g/mol. The highest BCUT2D eigenvalue weighted by Crippen LogP contribution is 2.36. The minimum atomic E-state index is -0.114. The number of thiocarbonyl (C=S) groups is 1. The van der Waals surface area contributed by atoms with Crippen molar-refractivity contribution in [2.45, 2.75) is 20.1 Å². The Hall–Kier alpha value is -3.00. The number of hydrogen-bond donors (Lipinski definition) is 0. The third-order valence-corrected chi connectivity index (χ3v) is 6.88. The number of methoxy groups -OCH3 is 1. The molecule has 0 bridgehead atoms. The number of amides is 1. The van der Waals surface area contributed by atoms with E-state index in [0.29, 0.717) is 45.5 Å². The Balaban J connectivity index is 1.48. The molecule has 0 atom stereocenters. The van der Waals surface area contributed by atoms with Gasteiger partial charge in [-0.1, -0.05) is 65.9 Å². The fourth-order valence-electron chi connectivity index (χ4n) is 3.44. The third-order valence-electron chi connectivity index (χ3n) is 5.25. The molecule has 0 unspecified atom stereocenters. The lowest BCUT2D eigenvalue weighted by molar-refractivity contribution is -0.122. The molecule has 180 valence electrons. The lowest BCUT2D eigenvalue weighted by Gasteiger charge is -2.14. The van der Waals surface area contributed by atoms with E-state index in [9.17, 15) is 4.79 Å². The monoisotopic (exact) mass is 525 g/mol. The van der Waals surface area contributed by atoms with Gasteiger partial charge in [-0.15, -0.1) is 0 Å². The van der Waals surface area contributed by atoms with Gasteiger partial charge in [-0.2, -0.15) is 0 Å². The van der Waals surface area contributed by atoms with Gasteiger partial charge in [0.25, 0.3) is 5.91 Å². The number of rotatable bonds is 9. The van der Waals surface area contributed by atoms with E-state index in [1.807, 2.05) is 79.7 Å². The number of benzene rings is 3. The van der Waals surface area contributed by atoms with Crippen molar-refractivity contribution in [2.75, 3.05) is 13.7 Å². The zero-order valence-corrected chi connectivity index (χ0v) is 21.7. The van der Waals surface area contributed by atoms with Gasteiger partial charge in [-0.3, -0.25) is 9.69 Å². The summed E-state index contributed by atoms with van der Waals surface area (Å²) < 4.78 is 17.5. The van der Waals surface area contributed by atoms with E-state index < -0.39 is 0 Å². The highest BCUT2D eigenvalue weighted by Gasteiger charge is 2.32. The zero-order chi connectivity index (χ0) is 24.8. The van der Waals surface area contributed by atoms with E-state index in [4.69, 9.17) is 38.0 Å². The molecule has 0 spiro atoms. The lowest BCUT2D eigenvalue weighted by atomic mass is 10.1. The SMILES string of the molecule is CCOc1cc(/C=C2\SC(=S)N(Cc3ccc(OC)cc3)C2=O)ccc1OCc1ccc(Cl)cc1. The normalized spacial score (nSPS) is 14.5. The lowest BCUT2D eigenvalue weighted by Crippen LogP contribution is -2.27. The van der Waals surface area contributed by atoms with Crippen molar-refractivity contribution in [1.82, 2.24) is 4.90 Å². The predicted octanol–water partition coefficient (Wildman–Crippen LogP) is 6.73. The number of thioether (sulfide) groups is 1. The topological polar surface area (TPSA) is 48.0 Å². The van der Waals surface area contributed by atoms with E-state index in [-0.39, 0.29) is 5.91 Å². The molecule has 5 nitrogen and oxygen atoms in total. The van der Waals surface area contributed by atoms with Gasteiger partial charge in [-0.05, 0) is 66.1 Å². The van der Waals surface area contributed by atoms with Crippen LogP contribution < -0.4 is 14.2 Å². The van der Waals surface area contributed by atoms with Gasteiger partial charge in [0, 0.05) is 5.02 Å². The molecule has 3 aromatic carbocycles. The first-order chi connectivity index (χ1) is 17.0. The van der Waals surface area contributed by atoms with E-state index >= 15 is 0 Å². The van der Waals surface area contributed by atoms with E-state index in [0.717, 1.165) is 22.4 Å². The molecule has 1 fully saturated rings. The Kier molecular flexibility index (Phi) is 8.33. The highest BCUT2D eigenvalue weighted by atomic mass is 35.5. The molecule has 0 N–H and O–H groups in total.